The van der Waals surface area contributed by atoms with Gasteiger partial charge >= 0.3 is 0 Å². The van der Waals surface area contributed by atoms with Gasteiger partial charge in [-0.25, -0.2) is 0 Å². The number of nitrogens with zero attached hydrogens (tertiary/aromatic N) is 5. The van der Waals surface area contributed by atoms with E-state index in [4.69, 9.17) is 5.53 Å². The Morgan fingerprint density at radius 2 is 2.16 bits per heavy atom. The van der Waals surface area contributed by atoms with Gasteiger partial charge in [-0.2, -0.15) is 0 Å². The monoisotopic (exact) mass is 251 g/mol. The van der Waals surface area contributed by atoms with Crippen LogP contribution in [-0.4, -0.2) is 15.6 Å². The average Bonchev–Trinajstić information content (AvgIpc) is 2.82. The molecule has 0 aliphatic heterocycles. The van der Waals surface area contributed by atoms with Crippen LogP contribution in [-0.2, 0) is 6.54 Å². The van der Waals surface area contributed by atoms with Crippen LogP contribution in [0.5, 0.6) is 0 Å². The minimum atomic E-state index is -0.0716. The largest absolute Gasteiger partial charge is 0.347 e. The Bertz CT molecular complexity index is 783. The van der Waals surface area contributed by atoms with Gasteiger partial charge < -0.3 is 4.57 Å². The second-order valence-electron chi connectivity index (χ2n) is 4.62. The Morgan fingerprint density at radius 1 is 1.32 bits per heavy atom. The Balaban J connectivity index is 2.20. The maximum atomic E-state index is 8.49. The van der Waals surface area contributed by atoms with E-state index in [-0.39, 0.29) is 6.04 Å². The van der Waals surface area contributed by atoms with Crippen LogP contribution in [0.3, 0.4) is 0 Å². The molecule has 1 aromatic carbocycles. The average molecular weight is 251 g/mol. The predicted octanol–water partition coefficient (Wildman–Crippen LogP) is 3.89. The van der Waals surface area contributed by atoms with Gasteiger partial charge in [0, 0.05) is 46.2 Å². The third-order valence-corrected chi connectivity index (χ3v) is 3.25. The lowest BCUT2D eigenvalue weighted by molar-refractivity contribution is 0.603. The highest BCUT2D eigenvalue weighted by atomic mass is 15.2. The third-order valence-electron chi connectivity index (χ3n) is 3.25. The normalized spacial score (nSPS) is 12.5. The summed E-state index contributed by atoms with van der Waals surface area (Å²) in [6, 6.07) is 8.20. The number of rotatable bonds is 3. The molecule has 0 saturated heterocycles. The van der Waals surface area contributed by atoms with Crippen molar-refractivity contribution < 1.29 is 0 Å². The lowest BCUT2D eigenvalue weighted by Gasteiger charge is -2.10. The van der Waals surface area contributed by atoms with E-state index in [2.05, 4.69) is 37.8 Å². The molecule has 0 unspecified atom stereocenters. The summed E-state index contributed by atoms with van der Waals surface area (Å²) < 4.78 is 2.14. The topological polar surface area (TPSA) is 66.6 Å². The molecule has 0 amide bonds. The molecule has 0 aliphatic rings. The minimum absolute atomic E-state index is 0.0716. The van der Waals surface area contributed by atoms with E-state index in [1.807, 2.05) is 25.4 Å². The molecule has 0 spiro atoms. The first kappa shape index (κ1) is 11.6. The van der Waals surface area contributed by atoms with E-state index in [1.54, 1.807) is 6.20 Å². The number of aromatic nitrogens is 2. The first-order valence-electron chi connectivity index (χ1n) is 6.15. The summed E-state index contributed by atoms with van der Waals surface area (Å²) in [5, 5.41) is 7.21. The third kappa shape index (κ3) is 2.00. The zero-order chi connectivity index (χ0) is 13.2. The molecule has 0 N–H and O–H groups in total. The maximum Gasteiger partial charge on any atom is 0.0561 e. The molecule has 0 fully saturated rings. The molecule has 0 aliphatic carbocycles. The van der Waals surface area contributed by atoms with E-state index in [1.165, 1.54) is 16.3 Å². The second kappa shape index (κ2) is 4.63. The molecule has 1 atom stereocenters. The van der Waals surface area contributed by atoms with Crippen LogP contribution in [0.25, 0.3) is 32.1 Å². The summed E-state index contributed by atoms with van der Waals surface area (Å²) in [7, 11) is 0. The van der Waals surface area contributed by atoms with Crippen molar-refractivity contribution in [1.82, 2.24) is 9.55 Å². The molecular formula is C14H13N5. The van der Waals surface area contributed by atoms with Gasteiger partial charge in [0.05, 0.1) is 11.6 Å². The van der Waals surface area contributed by atoms with Gasteiger partial charge in [0.1, 0.15) is 0 Å². The SMILES string of the molecule is C[C@@H](Cn1ccc2ccc3cnccc3c21)N=[N+]=[N-]. The minimum Gasteiger partial charge on any atom is -0.347 e. The quantitative estimate of drug-likeness (QED) is 0.395. The van der Waals surface area contributed by atoms with Crippen LogP contribution in [0.15, 0.2) is 48.0 Å². The highest BCUT2D eigenvalue weighted by Crippen LogP contribution is 2.26. The van der Waals surface area contributed by atoms with Crippen LogP contribution in [0.4, 0.5) is 0 Å². The molecule has 0 radical (unpaired) electrons. The Kier molecular flexibility index (Phi) is 2.82. The molecular weight excluding hydrogens is 238 g/mol. The predicted molar refractivity (Wildman–Crippen MR) is 75.8 cm³/mol. The van der Waals surface area contributed by atoms with Gasteiger partial charge in [0.25, 0.3) is 0 Å². The van der Waals surface area contributed by atoms with Crippen LogP contribution in [0.2, 0.25) is 0 Å². The van der Waals surface area contributed by atoms with Crippen molar-refractivity contribution in [2.75, 3.05) is 0 Å². The van der Waals surface area contributed by atoms with E-state index in [0.717, 1.165) is 5.39 Å². The Labute approximate surface area is 110 Å². The van der Waals surface area contributed by atoms with Gasteiger partial charge in [-0.3, -0.25) is 4.98 Å². The number of azide groups is 1. The van der Waals surface area contributed by atoms with Crippen molar-refractivity contribution in [3.05, 3.63) is 53.3 Å². The zero-order valence-corrected chi connectivity index (χ0v) is 10.6. The first-order chi connectivity index (χ1) is 9.29. The number of benzene rings is 1. The molecule has 94 valence electrons. The van der Waals surface area contributed by atoms with Crippen molar-refractivity contribution in [3.8, 4) is 0 Å². The van der Waals surface area contributed by atoms with Gasteiger partial charge in [0.15, 0.2) is 0 Å². The van der Waals surface area contributed by atoms with E-state index in [9.17, 15) is 0 Å². The molecule has 0 saturated carbocycles. The van der Waals surface area contributed by atoms with Crippen molar-refractivity contribution in [1.29, 1.82) is 0 Å². The standard InChI is InChI=1S/C14H13N5/c1-10(17-18-15)9-19-7-5-11-2-3-12-8-16-6-4-13(12)14(11)19/h2-8,10H,9H2,1H3/t10-/m0/s1. The van der Waals surface area contributed by atoms with E-state index in [0.29, 0.717) is 6.54 Å². The molecule has 2 heterocycles. The fourth-order valence-electron chi connectivity index (χ4n) is 2.43. The highest BCUT2D eigenvalue weighted by Gasteiger charge is 2.08. The molecule has 3 aromatic rings. The van der Waals surface area contributed by atoms with Crippen molar-refractivity contribution in [2.45, 2.75) is 19.5 Å². The molecule has 2 aromatic heterocycles. The number of hydrogen-bond acceptors (Lipinski definition) is 2. The Hall–Kier alpha value is -2.52. The summed E-state index contributed by atoms with van der Waals surface area (Å²) in [5.74, 6) is 0. The zero-order valence-electron chi connectivity index (χ0n) is 10.6. The number of fused-ring (bicyclic) bond motifs is 3. The summed E-state index contributed by atoms with van der Waals surface area (Å²) in [6.45, 7) is 2.59. The summed E-state index contributed by atoms with van der Waals surface area (Å²) >= 11 is 0. The fraction of sp³-hybridized carbons (Fsp3) is 0.214. The fourth-order valence-corrected chi connectivity index (χ4v) is 2.43. The Morgan fingerprint density at radius 3 is 3.00 bits per heavy atom. The van der Waals surface area contributed by atoms with E-state index >= 15 is 0 Å². The lowest BCUT2D eigenvalue weighted by Crippen LogP contribution is -2.08. The first-order valence-corrected chi connectivity index (χ1v) is 6.15. The lowest BCUT2D eigenvalue weighted by atomic mass is 10.1. The van der Waals surface area contributed by atoms with Crippen LogP contribution >= 0.6 is 0 Å². The molecule has 19 heavy (non-hydrogen) atoms. The van der Waals surface area contributed by atoms with Crippen molar-refractivity contribution in [2.24, 2.45) is 5.11 Å². The molecule has 5 nitrogen and oxygen atoms in total. The summed E-state index contributed by atoms with van der Waals surface area (Å²) in [5.41, 5.74) is 9.66. The van der Waals surface area contributed by atoms with Gasteiger partial charge in [-0.1, -0.05) is 24.2 Å². The van der Waals surface area contributed by atoms with Gasteiger partial charge in [-0.15, -0.1) is 0 Å². The number of hydrogen-bond donors (Lipinski definition) is 0. The maximum absolute atomic E-state index is 8.49. The molecule has 5 heteroatoms. The highest BCUT2D eigenvalue weighted by molar-refractivity contribution is 6.05. The van der Waals surface area contributed by atoms with Crippen molar-refractivity contribution >= 4 is 21.7 Å². The van der Waals surface area contributed by atoms with Gasteiger partial charge in [-0.05, 0) is 17.7 Å². The molecule has 3 rings (SSSR count). The van der Waals surface area contributed by atoms with Crippen LogP contribution in [0.1, 0.15) is 6.92 Å². The number of pyridine rings is 1. The smallest absolute Gasteiger partial charge is 0.0561 e. The van der Waals surface area contributed by atoms with E-state index < -0.39 is 0 Å². The van der Waals surface area contributed by atoms with Crippen LogP contribution < -0.4 is 0 Å². The summed E-state index contributed by atoms with van der Waals surface area (Å²) in [4.78, 5) is 7.01. The molecule has 0 bridgehead atoms. The van der Waals surface area contributed by atoms with Gasteiger partial charge in [0.2, 0.25) is 0 Å². The summed E-state index contributed by atoms with van der Waals surface area (Å²) in [6.07, 6.45) is 5.70. The second-order valence-corrected chi connectivity index (χ2v) is 4.62. The van der Waals surface area contributed by atoms with Crippen LogP contribution in [0, 0.1) is 0 Å². The van der Waals surface area contributed by atoms with Crippen molar-refractivity contribution in [3.63, 3.8) is 0 Å².